The van der Waals surface area contributed by atoms with Gasteiger partial charge in [0.1, 0.15) is 11.6 Å². The molecule has 4 unspecified atom stereocenters. The number of esters is 2. The maximum absolute atomic E-state index is 12.4. The Balaban J connectivity index is 2.15. The van der Waals surface area contributed by atoms with E-state index in [2.05, 4.69) is 0 Å². The van der Waals surface area contributed by atoms with Gasteiger partial charge in [-0.3, -0.25) is 9.59 Å². The molecule has 7 heteroatoms. The molecule has 0 radical (unpaired) electrons. The summed E-state index contributed by atoms with van der Waals surface area (Å²) in [5.41, 5.74) is 0. The Morgan fingerprint density at radius 2 is 1.17 bits per heavy atom. The molecule has 0 aromatic heterocycles. The van der Waals surface area contributed by atoms with Crippen LogP contribution in [0.1, 0.15) is 52.4 Å². The number of rotatable bonds is 4. The van der Waals surface area contributed by atoms with Gasteiger partial charge in [0.15, 0.2) is 9.75 Å². The van der Waals surface area contributed by atoms with E-state index in [-0.39, 0.29) is 24.4 Å². The van der Waals surface area contributed by atoms with Crippen LogP contribution < -0.4 is 0 Å². The first-order chi connectivity index (χ1) is 10.6. The molecule has 0 heterocycles. The van der Waals surface area contributed by atoms with Gasteiger partial charge in [0.05, 0.1) is 0 Å². The standard InChI is InChI=1S/C16H20Cl2O5/c1-9(19)11-5-3-7-15(11,17)13(21)23-14(22)16(18)8-4-6-12(16)10(2)20/h11-12H,3-8H2,1-2H3. The van der Waals surface area contributed by atoms with E-state index < -0.39 is 33.5 Å². The Kier molecular flexibility index (Phi) is 5.21. The van der Waals surface area contributed by atoms with Gasteiger partial charge in [-0.15, -0.1) is 23.2 Å². The van der Waals surface area contributed by atoms with Gasteiger partial charge in [0, 0.05) is 11.8 Å². The van der Waals surface area contributed by atoms with Crippen molar-refractivity contribution in [2.45, 2.75) is 62.1 Å². The van der Waals surface area contributed by atoms with Gasteiger partial charge in [-0.05, 0) is 39.5 Å². The van der Waals surface area contributed by atoms with E-state index in [1.54, 1.807) is 0 Å². The van der Waals surface area contributed by atoms with Gasteiger partial charge in [0.25, 0.3) is 0 Å². The largest absolute Gasteiger partial charge is 0.390 e. The lowest BCUT2D eigenvalue weighted by Crippen LogP contribution is -2.47. The molecule has 2 fully saturated rings. The van der Waals surface area contributed by atoms with Gasteiger partial charge in [-0.1, -0.05) is 12.8 Å². The minimum absolute atomic E-state index is 0.204. The first-order valence-electron chi connectivity index (χ1n) is 7.78. The van der Waals surface area contributed by atoms with Crippen molar-refractivity contribution in [1.29, 1.82) is 0 Å². The Hall–Kier alpha value is -0.940. The first kappa shape index (κ1) is 18.4. The van der Waals surface area contributed by atoms with Crippen LogP contribution in [0.5, 0.6) is 0 Å². The molecular formula is C16H20Cl2O5. The molecule has 0 aromatic rings. The molecule has 0 spiro atoms. The molecule has 4 atom stereocenters. The molecule has 128 valence electrons. The lowest BCUT2D eigenvalue weighted by Gasteiger charge is -2.28. The van der Waals surface area contributed by atoms with E-state index in [4.69, 9.17) is 27.9 Å². The summed E-state index contributed by atoms with van der Waals surface area (Å²) in [6.07, 6.45) is 2.75. The van der Waals surface area contributed by atoms with Crippen LogP contribution in [-0.2, 0) is 23.9 Å². The third-order valence-corrected chi connectivity index (χ3v) is 6.23. The number of hydrogen-bond acceptors (Lipinski definition) is 5. The van der Waals surface area contributed by atoms with Crippen molar-refractivity contribution in [3.8, 4) is 0 Å². The van der Waals surface area contributed by atoms with Crippen molar-refractivity contribution in [2.24, 2.45) is 11.8 Å². The summed E-state index contributed by atoms with van der Waals surface area (Å²) in [6, 6.07) is 0. The number of ketones is 2. The number of carbonyl (C=O) groups excluding carboxylic acids is 4. The number of halogens is 2. The molecule has 2 aliphatic carbocycles. The van der Waals surface area contributed by atoms with Crippen molar-refractivity contribution >= 4 is 46.7 Å². The Labute approximate surface area is 145 Å². The predicted molar refractivity (Wildman–Crippen MR) is 84.3 cm³/mol. The summed E-state index contributed by atoms with van der Waals surface area (Å²) in [5.74, 6) is -3.60. The van der Waals surface area contributed by atoms with Gasteiger partial charge >= 0.3 is 11.9 Å². The van der Waals surface area contributed by atoms with E-state index in [1.165, 1.54) is 13.8 Å². The maximum Gasteiger partial charge on any atom is 0.335 e. The number of ether oxygens (including phenoxy) is 1. The number of hydrogen-bond donors (Lipinski definition) is 0. The van der Waals surface area contributed by atoms with E-state index in [1.807, 2.05) is 0 Å². The monoisotopic (exact) mass is 362 g/mol. The van der Waals surface area contributed by atoms with Crippen molar-refractivity contribution in [3.63, 3.8) is 0 Å². The molecular weight excluding hydrogens is 343 g/mol. The molecule has 0 aromatic carbocycles. The lowest BCUT2D eigenvalue weighted by molar-refractivity contribution is -0.166. The third-order valence-electron chi connectivity index (χ3n) is 5.02. The highest BCUT2D eigenvalue weighted by Crippen LogP contribution is 2.45. The van der Waals surface area contributed by atoms with E-state index in [0.29, 0.717) is 25.7 Å². The number of Topliss-reactive ketones (excluding diaryl/α,β-unsaturated/α-hetero) is 2. The Morgan fingerprint density at radius 1 is 0.826 bits per heavy atom. The van der Waals surface area contributed by atoms with Crippen LogP contribution in [0.25, 0.3) is 0 Å². The normalized spacial score (nSPS) is 36.7. The fraction of sp³-hybridized carbons (Fsp3) is 0.750. The van der Waals surface area contributed by atoms with Crippen molar-refractivity contribution in [1.82, 2.24) is 0 Å². The molecule has 0 N–H and O–H groups in total. The zero-order valence-electron chi connectivity index (χ0n) is 13.2. The van der Waals surface area contributed by atoms with Gasteiger partial charge in [-0.2, -0.15) is 0 Å². The van der Waals surface area contributed by atoms with Crippen molar-refractivity contribution in [2.75, 3.05) is 0 Å². The first-order valence-corrected chi connectivity index (χ1v) is 8.54. The van der Waals surface area contributed by atoms with Crippen LogP contribution in [-0.4, -0.2) is 33.3 Å². The molecule has 0 bridgehead atoms. The minimum atomic E-state index is -1.51. The summed E-state index contributed by atoms with van der Waals surface area (Å²) in [6.45, 7) is 2.74. The summed E-state index contributed by atoms with van der Waals surface area (Å²) in [4.78, 5) is 45.1. The van der Waals surface area contributed by atoms with Crippen LogP contribution in [0.15, 0.2) is 0 Å². The van der Waals surface area contributed by atoms with E-state index >= 15 is 0 Å². The SMILES string of the molecule is CC(=O)C1CCCC1(Cl)C(=O)OC(=O)C1(Cl)CCCC1C(C)=O. The predicted octanol–water partition coefficient (Wildman–Crippen LogP) is 2.79. The highest BCUT2D eigenvalue weighted by Gasteiger charge is 2.55. The molecule has 2 rings (SSSR count). The minimum Gasteiger partial charge on any atom is -0.390 e. The second-order valence-electron chi connectivity index (χ2n) is 6.51. The van der Waals surface area contributed by atoms with Gasteiger partial charge < -0.3 is 4.74 Å². The average molecular weight is 363 g/mol. The van der Waals surface area contributed by atoms with E-state index in [0.717, 1.165) is 0 Å². The van der Waals surface area contributed by atoms with Crippen LogP contribution in [0.3, 0.4) is 0 Å². The number of carbonyl (C=O) groups is 4. The molecule has 2 saturated carbocycles. The van der Waals surface area contributed by atoms with Gasteiger partial charge in [-0.25, -0.2) is 9.59 Å². The molecule has 0 amide bonds. The fourth-order valence-corrected chi connectivity index (χ4v) is 4.60. The maximum atomic E-state index is 12.4. The summed E-state index contributed by atoms with van der Waals surface area (Å²) in [7, 11) is 0. The highest BCUT2D eigenvalue weighted by atomic mass is 35.5. The smallest absolute Gasteiger partial charge is 0.335 e. The molecule has 5 nitrogen and oxygen atoms in total. The second-order valence-corrected chi connectivity index (χ2v) is 7.86. The van der Waals surface area contributed by atoms with Crippen molar-refractivity contribution in [3.05, 3.63) is 0 Å². The Bertz CT molecular complexity index is 513. The van der Waals surface area contributed by atoms with E-state index in [9.17, 15) is 19.2 Å². The topological polar surface area (TPSA) is 77.5 Å². The molecule has 23 heavy (non-hydrogen) atoms. The number of alkyl halides is 2. The average Bonchev–Trinajstić information content (AvgIpc) is 3.03. The third kappa shape index (κ3) is 3.18. The van der Waals surface area contributed by atoms with Crippen LogP contribution in [0.2, 0.25) is 0 Å². The van der Waals surface area contributed by atoms with Crippen LogP contribution >= 0.6 is 23.2 Å². The van der Waals surface area contributed by atoms with Crippen LogP contribution in [0, 0.1) is 11.8 Å². The Morgan fingerprint density at radius 3 is 1.48 bits per heavy atom. The summed E-state index contributed by atoms with van der Waals surface area (Å²) >= 11 is 12.6. The second kappa shape index (κ2) is 6.52. The summed E-state index contributed by atoms with van der Waals surface area (Å²) < 4.78 is 4.94. The molecule has 0 aliphatic heterocycles. The molecule has 0 saturated heterocycles. The zero-order valence-corrected chi connectivity index (χ0v) is 14.7. The van der Waals surface area contributed by atoms with Gasteiger partial charge in [0.2, 0.25) is 0 Å². The summed E-state index contributed by atoms with van der Waals surface area (Å²) in [5, 5.41) is 0. The van der Waals surface area contributed by atoms with Crippen LogP contribution in [0.4, 0.5) is 0 Å². The van der Waals surface area contributed by atoms with Crippen molar-refractivity contribution < 1.29 is 23.9 Å². The quantitative estimate of drug-likeness (QED) is 0.436. The zero-order chi connectivity index (χ0) is 17.4. The molecule has 2 aliphatic rings. The highest BCUT2D eigenvalue weighted by molar-refractivity contribution is 6.39. The fourth-order valence-electron chi connectivity index (χ4n) is 3.73. The lowest BCUT2D eigenvalue weighted by atomic mass is 9.90.